The van der Waals surface area contributed by atoms with Crippen molar-refractivity contribution in [2.24, 2.45) is 11.8 Å². The zero-order valence-electron chi connectivity index (χ0n) is 10.5. The molecule has 0 saturated carbocycles. The topological polar surface area (TPSA) is 29.1 Å². The molecule has 0 aliphatic rings. The average molecular weight is 199 g/mol. The fourth-order valence-corrected chi connectivity index (χ4v) is 1.22. The van der Waals surface area contributed by atoms with E-state index >= 15 is 0 Å². The zero-order valence-corrected chi connectivity index (χ0v) is 10.5. The SMILES string of the molecule is CCC(CC)C(=O)NC(C)(C)C(C)C. The van der Waals surface area contributed by atoms with E-state index in [0.29, 0.717) is 5.92 Å². The summed E-state index contributed by atoms with van der Waals surface area (Å²) in [6.45, 7) is 12.6. The first-order valence-electron chi connectivity index (χ1n) is 5.67. The van der Waals surface area contributed by atoms with Crippen LogP contribution in [-0.4, -0.2) is 11.4 Å². The normalized spacial score (nSPS) is 12.3. The zero-order chi connectivity index (χ0) is 11.4. The highest BCUT2D eigenvalue weighted by molar-refractivity contribution is 5.79. The first-order valence-corrected chi connectivity index (χ1v) is 5.67. The second kappa shape index (κ2) is 5.38. The van der Waals surface area contributed by atoms with Gasteiger partial charge in [-0.3, -0.25) is 4.79 Å². The van der Waals surface area contributed by atoms with Crippen molar-refractivity contribution in [3.8, 4) is 0 Å². The molecule has 2 nitrogen and oxygen atoms in total. The van der Waals surface area contributed by atoms with E-state index in [1.807, 2.05) is 0 Å². The van der Waals surface area contributed by atoms with Crippen molar-refractivity contribution in [1.29, 1.82) is 0 Å². The molecule has 0 aliphatic carbocycles. The van der Waals surface area contributed by atoms with Crippen molar-refractivity contribution >= 4 is 5.91 Å². The molecule has 0 saturated heterocycles. The molecule has 1 N–H and O–H groups in total. The maximum Gasteiger partial charge on any atom is 0.223 e. The van der Waals surface area contributed by atoms with Crippen LogP contribution in [0, 0.1) is 11.8 Å². The molecule has 0 aromatic rings. The number of carbonyl (C=O) groups excluding carboxylic acids is 1. The number of rotatable bonds is 5. The number of nitrogens with one attached hydrogen (secondary N) is 1. The van der Waals surface area contributed by atoms with Gasteiger partial charge in [-0.25, -0.2) is 0 Å². The average Bonchev–Trinajstić information content (AvgIpc) is 2.05. The van der Waals surface area contributed by atoms with Crippen LogP contribution in [0.3, 0.4) is 0 Å². The van der Waals surface area contributed by atoms with E-state index < -0.39 is 0 Å². The molecule has 0 heterocycles. The summed E-state index contributed by atoms with van der Waals surface area (Å²) < 4.78 is 0. The fourth-order valence-electron chi connectivity index (χ4n) is 1.22. The molecule has 0 bridgehead atoms. The monoisotopic (exact) mass is 199 g/mol. The van der Waals surface area contributed by atoms with Crippen molar-refractivity contribution in [2.45, 2.75) is 59.9 Å². The maximum atomic E-state index is 11.8. The van der Waals surface area contributed by atoms with Crippen molar-refractivity contribution < 1.29 is 4.79 Å². The fraction of sp³-hybridized carbons (Fsp3) is 0.917. The highest BCUT2D eigenvalue weighted by Crippen LogP contribution is 2.17. The summed E-state index contributed by atoms with van der Waals surface area (Å²) in [5, 5.41) is 3.12. The summed E-state index contributed by atoms with van der Waals surface area (Å²) in [5.74, 6) is 0.836. The highest BCUT2D eigenvalue weighted by atomic mass is 16.2. The Bertz CT molecular complexity index is 181. The van der Waals surface area contributed by atoms with Gasteiger partial charge in [-0.2, -0.15) is 0 Å². The Morgan fingerprint density at radius 1 is 1.21 bits per heavy atom. The Morgan fingerprint density at radius 3 is 1.93 bits per heavy atom. The molecule has 14 heavy (non-hydrogen) atoms. The Morgan fingerprint density at radius 2 is 1.64 bits per heavy atom. The van der Waals surface area contributed by atoms with Gasteiger partial charge in [0.05, 0.1) is 0 Å². The van der Waals surface area contributed by atoms with Crippen molar-refractivity contribution in [3.05, 3.63) is 0 Å². The molecule has 0 atom stereocenters. The molecule has 84 valence electrons. The number of carbonyl (C=O) groups is 1. The van der Waals surface area contributed by atoms with Crippen molar-refractivity contribution in [3.63, 3.8) is 0 Å². The second-order valence-electron chi connectivity index (χ2n) is 4.88. The molecule has 0 aliphatic heterocycles. The van der Waals surface area contributed by atoms with Crippen LogP contribution in [0.1, 0.15) is 54.4 Å². The molecule has 0 unspecified atom stereocenters. The lowest BCUT2D eigenvalue weighted by Crippen LogP contribution is -2.49. The molecular formula is C12H25NO. The Hall–Kier alpha value is -0.530. The van der Waals surface area contributed by atoms with Crippen LogP contribution < -0.4 is 5.32 Å². The lowest BCUT2D eigenvalue weighted by molar-refractivity contribution is -0.127. The molecule has 2 heteroatoms. The van der Waals surface area contributed by atoms with Crippen LogP contribution in [0.4, 0.5) is 0 Å². The molecule has 0 radical (unpaired) electrons. The van der Waals surface area contributed by atoms with Gasteiger partial charge in [0, 0.05) is 11.5 Å². The summed E-state index contributed by atoms with van der Waals surface area (Å²) in [5.41, 5.74) is -0.0975. The smallest absolute Gasteiger partial charge is 0.223 e. The van der Waals surface area contributed by atoms with Gasteiger partial charge in [-0.1, -0.05) is 27.7 Å². The van der Waals surface area contributed by atoms with E-state index in [0.717, 1.165) is 12.8 Å². The molecule has 0 aromatic carbocycles. The third-order valence-corrected chi connectivity index (χ3v) is 3.25. The first-order chi connectivity index (χ1) is 6.35. The van der Waals surface area contributed by atoms with Gasteiger partial charge < -0.3 is 5.32 Å². The largest absolute Gasteiger partial charge is 0.351 e. The molecular weight excluding hydrogens is 174 g/mol. The van der Waals surface area contributed by atoms with Gasteiger partial charge >= 0.3 is 0 Å². The highest BCUT2D eigenvalue weighted by Gasteiger charge is 2.26. The van der Waals surface area contributed by atoms with E-state index in [9.17, 15) is 4.79 Å². The maximum absolute atomic E-state index is 11.8. The van der Waals surface area contributed by atoms with Crippen LogP contribution in [0.25, 0.3) is 0 Å². The van der Waals surface area contributed by atoms with Gasteiger partial charge in [-0.15, -0.1) is 0 Å². The molecule has 0 aromatic heterocycles. The minimum absolute atomic E-state index is 0.0975. The quantitative estimate of drug-likeness (QED) is 0.724. The van der Waals surface area contributed by atoms with E-state index in [2.05, 4.69) is 46.9 Å². The third kappa shape index (κ3) is 3.69. The van der Waals surface area contributed by atoms with E-state index in [1.165, 1.54) is 0 Å². The molecule has 0 rings (SSSR count). The van der Waals surface area contributed by atoms with Gasteiger partial charge in [0.1, 0.15) is 0 Å². The minimum atomic E-state index is -0.0975. The molecule has 1 amide bonds. The summed E-state index contributed by atoms with van der Waals surface area (Å²) in [6.07, 6.45) is 1.85. The van der Waals surface area contributed by atoms with Crippen LogP contribution >= 0.6 is 0 Å². The van der Waals surface area contributed by atoms with Gasteiger partial charge in [-0.05, 0) is 32.6 Å². The summed E-state index contributed by atoms with van der Waals surface area (Å²) in [6, 6.07) is 0. The van der Waals surface area contributed by atoms with E-state index in [4.69, 9.17) is 0 Å². The number of hydrogen-bond donors (Lipinski definition) is 1. The third-order valence-electron chi connectivity index (χ3n) is 3.25. The van der Waals surface area contributed by atoms with Crippen molar-refractivity contribution in [1.82, 2.24) is 5.32 Å². The predicted octanol–water partition coefficient (Wildman–Crippen LogP) is 2.97. The van der Waals surface area contributed by atoms with Gasteiger partial charge in [0.25, 0.3) is 0 Å². The van der Waals surface area contributed by atoms with Crippen LogP contribution in [0.5, 0.6) is 0 Å². The summed E-state index contributed by atoms with van der Waals surface area (Å²) in [4.78, 5) is 11.8. The summed E-state index contributed by atoms with van der Waals surface area (Å²) >= 11 is 0. The van der Waals surface area contributed by atoms with Gasteiger partial charge in [0.15, 0.2) is 0 Å². The second-order valence-corrected chi connectivity index (χ2v) is 4.88. The molecule has 0 spiro atoms. The standard InChI is InChI=1S/C12H25NO/c1-7-10(8-2)11(14)13-12(5,6)9(3)4/h9-10H,7-8H2,1-6H3,(H,13,14). The van der Waals surface area contributed by atoms with Crippen LogP contribution in [-0.2, 0) is 4.79 Å². The number of amides is 1. The van der Waals surface area contributed by atoms with Crippen molar-refractivity contribution in [2.75, 3.05) is 0 Å². The Labute approximate surface area is 88.5 Å². The Kier molecular flexibility index (Phi) is 5.17. The van der Waals surface area contributed by atoms with Crippen LogP contribution in [0.2, 0.25) is 0 Å². The summed E-state index contributed by atoms with van der Waals surface area (Å²) in [7, 11) is 0. The predicted molar refractivity (Wildman–Crippen MR) is 61.1 cm³/mol. The number of hydrogen-bond acceptors (Lipinski definition) is 1. The van der Waals surface area contributed by atoms with Crippen LogP contribution in [0.15, 0.2) is 0 Å². The first kappa shape index (κ1) is 13.5. The van der Waals surface area contributed by atoms with E-state index in [-0.39, 0.29) is 17.4 Å². The Balaban J connectivity index is 4.30. The van der Waals surface area contributed by atoms with E-state index in [1.54, 1.807) is 0 Å². The van der Waals surface area contributed by atoms with Gasteiger partial charge in [0.2, 0.25) is 5.91 Å². The minimum Gasteiger partial charge on any atom is -0.351 e. The lowest BCUT2D eigenvalue weighted by atomic mass is 9.89. The molecule has 0 fully saturated rings. The lowest BCUT2D eigenvalue weighted by Gasteiger charge is -2.32.